The van der Waals surface area contributed by atoms with Gasteiger partial charge in [-0.2, -0.15) is 0 Å². The fourth-order valence-corrected chi connectivity index (χ4v) is 2.72. The summed E-state index contributed by atoms with van der Waals surface area (Å²) in [4.78, 5) is 8.28. The van der Waals surface area contributed by atoms with Gasteiger partial charge in [0.25, 0.3) is 0 Å². The molecule has 0 aliphatic heterocycles. The minimum absolute atomic E-state index is 0.0124. The molecule has 3 rings (SSSR count). The molecule has 0 bridgehead atoms. The molecule has 0 fully saturated rings. The van der Waals surface area contributed by atoms with Crippen molar-refractivity contribution in [2.24, 2.45) is 0 Å². The number of pyridine rings is 2. The Morgan fingerprint density at radius 2 is 1.80 bits per heavy atom. The quantitative estimate of drug-likeness (QED) is 0.798. The average molecular weight is 284 g/mol. The molecule has 0 radical (unpaired) electrons. The third-order valence-electron chi connectivity index (χ3n) is 3.43. The third kappa shape index (κ3) is 2.26. The van der Waals surface area contributed by atoms with E-state index in [2.05, 4.69) is 33.5 Å². The van der Waals surface area contributed by atoms with Crippen molar-refractivity contribution in [2.45, 2.75) is 6.04 Å². The Labute approximate surface area is 122 Å². The van der Waals surface area contributed by atoms with Crippen molar-refractivity contribution < 1.29 is 0 Å². The summed E-state index contributed by atoms with van der Waals surface area (Å²) < 4.78 is 0. The van der Waals surface area contributed by atoms with Crippen LogP contribution in [0.15, 0.2) is 55.1 Å². The van der Waals surface area contributed by atoms with Gasteiger partial charge in [-0.25, -0.2) is 0 Å². The maximum absolute atomic E-state index is 6.28. The van der Waals surface area contributed by atoms with E-state index in [4.69, 9.17) is 11.6 Å². The van der Waals surface area contributed by atoms with Crippen LogP contribution in [0.5, 0.6) is 0 Å². The molecular formula is C16H14ClN3. The Morgan fingerprint density at radius 3 is 2.60 bits per heavy atom. The summed E-state index contributed by atoms with van der Waals surface area (Å²) in [6, 6.07) is 10.2. The van der Waals surface area contributed by atoms with Crippen LogP contribution < -0.4 is 5.32 Å². The van der Waals surface area contributed by atoms with Crippen molar-refractivity contribution in [1.29, 1.82) is 0 Å². The van der Waals surface area contributed by atoms with Gasteiger partial charge in [0.15, 0.2) is 0 Å². The molecule has 1 N–H and O–H groups in total. The molecule has 2 heterocycles. The SMILES string of the molecule is CNC(c1ccncc1Cl)c1cccc2ccncc12. The first-order valence-electron chi connectivity index (χ1n) is 6.40. The summed E-state index contributed by atoms with van der Waals surface area (Å²) in [7, 11) is 1.93. The van der Waals surface area contributed by atoms with Gasteiger partial charge in [-0.1, -0.05) is 29.8 Å². The predicted molar refractivity (Wildman–Crippen MR) is 81.9 cm³/mol. The zero-order chi connectivity index (χ0) is 13.9. The number of aromatic nitrogens is 2. The van der Waals surface area contributed by atoms with Crippen LogP contribution in [0, 0.1) is 0 Å². The summed E-state index contributed by atoms with van der Waals surface area (Å²) in [5, 5.41) is 6.28. The van der Waals surface area contributed by atoms with Crippen molar-refractivity contribution >= 4 is 22.4 Å². The lowest BCUT2D eigenvalue weighted by Crippen LogP contribution is -2.18. The number of halogens is 1. The molecule has 0 aliphatic carbocycles. The van der Waals surface area contributed by atoms with Crippen LogP contribution in [0.3, 0.4) is 0 Å². The van der Waals surface area contributed by atoms with Crippen molar-refractivity contribution in [1.82, 2.24) is 15.3 Å². The molecule has 0 amide bonds. The van der Waals surface area contributed by atoms with E-state index in [-0.39, 0.29) is 6.04 Å². The molecule has 20 heavy (non-hydrogen) atoms. The van der Waals surface area contributed by atoms with Crippen molar-refractivity contribution in [3.05, 3.63) is 71.3 Å². The largest absolute Gasteiger partial charge is 0.309 e. The van der Waals surface area contributed by atoms with Gasteiger partial charge in [0.1, 0.15) is 0 Å². The second-order valence-corrected chi connectivity index (χ2v) is 4.97. The maximum Gasteiger partial charge on any atom is 0.0640 e. The van der Waals surface area contributed by atoms with E-state index in [1.807, 2.05) is 25.4 Å². The fraction of sp³-hybridized carbons (Fsp3) is 0.125. The van der Waals surface area contributed by atoms with E-state index in [1.54, 1.807) is 18.6 Å². The highest BCUT2D eigenvalue weighted by Crippen LogP contribution is 2.31. The minimum atomic E-state index is 0.0124. The molecule has 1 aromatic carbocycles. The van der Waals surface area contributed by atoms with E-state index < -0.39 is 0 Å². The standard InChI is InChI=1S/C16H14ClN3/c1-18-16(13-6-8-20-10-15(13)17)12-4-2-3-11-5-7-19-9-14(11)12/h2-10,16,18H,1H3. The highest BCUT2D eigenvalue weighted by Gasteiger charge is 2.17. The minimum Gasteiger partial charge on any atom is -0.309 e. The number of fused-ring (bicyclic) bond motifs is 1. The highest BCUT2D eigenvalue weighted by atomic mass is 35.5. The van der Waals surface area contributed by atoms with E-state index in [9.17, 15) is 0 Å². The Hall–Kier alpha value is -1.97. The third-order valence-corrected chi connectivity index (χ3v) is 3.75. The molecule has 1 atom stereocenters. The van der Waals surface area contributed by atoms with Crippen LogP contribution in [-0.2, 0) is 0 Å². The molecule has 3 nitrogen and oxygen atoms in total. The number of nitrogens with zero attached hydrogens (tertiary/aromatic N) is 2. The Balaban J connectivity index is 2.20. The van der Waals surface area contributed by atoms with E-state index >= 15 is 0 Å². The average Bonchev–Trinajstić information content (AvgIpc) is 2.50. The van der Waals surface area contributed by atoms with Crippen LogP contribution in [-0.4, -0.2) is 17.0 Å². The Kier molecular flexibility index (Phi) is 3.63. The lowest BCUT2D eigenvalue weighted by atomic mass is 9.95. The van der Waals surface area contributed by atoms with Crippen molar-refractivity contribution in [3.63, 3.8) is 0 Å². The van der Waals surface area contributed by atoms with Crippen molar-refractivity contribution in [2.75, 3.05) is 7.05 Å². The maximum atomic E-state index is 6.28. The van der Waals surface area contributed by atoms with Crippen LogP contribution in [0.4, 0.5) is 0 Å². The Morgan fingerprint density at radius 1 is 1.00 bits per heavy atom. The van der Waals surface area contributed by atoms with E-state index in [1.165, 1.54) is 5.39 Å². The van der Waals surface area contributed by atoms with Gasteiger partial charge in [-0.15, -0.1) is 0 Å². The van der Waals surface area contributed by atoms with Gasteiger partial charge in [0, 0.05) is 30.2 Å². The Bertz CT molecular complexity index is 737. The highest BCUT2D eigenvalue weighted by molar-refractivity contribution is 6.31. The summed E-state index contributed by atoms with van der Waals surface area (Å²) in [5.74, 6) is 0. The van der Waals surface area contributed by atoms with Crippen LogP contribution in [0.2, 0.25) is 5.02 Å². The number of nitrogens with one attached hydrogen (secondary N) is 1. The monoisotopic (exact) mass is 283 g/mol. The van der Waals surface area contributed by atoms with Crippen LogP contribution in [0.25, 0.3) is 10.8 Å². The first-order chi connectivity index (χ1) is 9.81. The first kappa shape index (κ1) is 13.0. The lowest BCUT2D eigenvalue weighted by molar-refractivity contribution is 0.696. The van der Waals surface area contributed by atoms with Crippen LogP contribution >= 0.6 is 11.6 Å². The number of rotatable bonds is 3. The van der Waals surface area contributed by atoms with Crippen LogP contribution in [0.1, 0.15) is 17.2 Å². The predicted octanol–water partition coefficient (Wildman–Crippen LogP) is 3.59. The summed E-state index contributed by atoms with van der Waals surface area (Å²) >= 11 is 6.28. The molecule has 100 valence electrons. The molecule has 0 spiro atoms. The zero-order valence-corrected chi connectivity index (χ0v) is 11.8. The van der Waals surface area contributed by atoms with E-state index in [0.717, 1.165) is 16.5 Å². The number of hydrogen-bond acceptors (Lipinski definition) is 3. The van der Waals surface area contributed by atoms with E-state index in [0.29, 0.717) is 5.02 Å². The number of hydrogen-bond donors (Lipinski definition) is 1. The van der Waals surface area contributed by atoms with Gasteiger partial charge in [0.05, 0.1) is 11.1 Å². The topological polar surface area (TPSA) is 37.8 Å². The molecule has 4 heteroatoms. The van der Waals surface area contributed by atoms with Gasteiger partial charge in [-0.3, -0.25) is 9.97 Å². The molecule has 0 saturated heterocycles. The van der Waals surface area contributed by atoms with Crippen molar-refractivity contribution in [3.8, 4) is 0 Å². The van der Waals surface area contributed by atoms with Gasteiger partial charge >= 0.3 is 0 Å². The smallest absolute Gasteiger partial charge is 0.0640 e. The second kappa shape index (κ2) is 5.57. The van der Waals surface area contributed by atoms with Gasteiger partial charge < -0.3 is 5.32 Å². The van der Waals surface area contributed by atoms with Gasteiger partial charge in [0.2, 0.25) is 0 Å². The zero-order valence-electron chi connectivity index (χ0n) is 11.0. The number of benzene rings is 1. The molecular weight excluding hydrogens is 270 g/mol. The normalized spacial score (nSPS) is 12.5. The van der Waals surface area contributed by atoms with Gasteiger partial charge in [-0.05, 0) is 35.7 Å². The summed E-state index contributed by atoms with van der Waals surface area (Å²) in [5.41, 5.74) is 2.17. The first-order valence-corrected chi connectivity index (χ1v) is 6.78. The molecule has 2 aromatic heterocycles. The second-order valence-electron chi connectivity index (χ2n) is 4.56. The summed E-state index contributed by atoms with van der Waals surface area (Å²) in [6.07, 6.45) is 7.13. The molecule has 3 aromatic rings. The fourth-order valence-electron chi connectivity index (χ4n) is 2.49. The lowest BCUT2D eigenvalue weighted by Gasteiger charge is -2.20. The molecule has 0 saturated carbocycles. The molecule has 0 aliphatic rings. The molecule has 1 unspecified atom stereocenters. The summed E-state index contributed by atoms with van der Waals surface area (Å²) in [6.45, 7) is 0.